The zero-order valence-electron chi connectivity index (χ0n) is 14.3. The van der Waals surface area contributed by atoms with E-state index in [2.05, 4.69) is 5.32 Å². The lowest BCUT2D eigenvalue weighted by molar-refractivity contribution is -0.384. The van der Waals surface area contributed by atoms with E-state index in [0.717, 1.165) is 12.1 Å². The normalized spacial score (nSPS) is 11.4. The van der Waals surface area contributed by atoms with E-state index in [1.165, 1.54) is 38.3 Å². The average molecular weight is 395 g/mol. The van der Waals surface area contributed by atoms with Gasteiger partial charge in [-0.05, 0) is 37.3 Å². The summed E-state index contributed by atoms with van der Waals surface area (Å²) >= 11 is 5.69. The topological polar surface area (TPSA) is 128 Å². The summed E-state index contributed by atoms with van der Waals surface area (Å²) in [6.07, 6.45) is -1.28. The Morgan fingerprint density at radius 1 is 1.26 bits per heavy atom. The lowest BCUT2D eigenvalue weighted by Gasteiger charge is -2.14. The van der Waals surface area contributed by atoms with Gasteiger partial charge in [0.1, 0.15) is 22.7 Å². The summed E-state index contributed by atoms with van der Waals surface area (Å²) in [5.41, 5.74) is -0.630. The number of methoxy groups -OCH3 is 1. The van der Waals surface area contributed by atoms with Gasteiger partial charge < -0.3 is 19.9 Å². The number of hydrogen-bond acceptors (Lipinski definition) is 7. The fourth-order valence-corrected chi connectivity index (χ4v) is 2.25. The number of carbonyl (C=O) groups excluding carboxylic acids is 2. The predicted molar refractivity (Wildman–Crippen MR) is 96.3 cm³/mol. The molecule has 0 aliphatic carbocycles. The molecule has 27 heavy (non-hydrogen) atoms. The van der Waals surface area contributed by atoms with Crippen molar-refractivity contribution in [2.45, 2.75) is 13.0 Å². The number of hydrogen-bond donors (Lipinski definition) is 2. The maximum Gasteiger partial charge on any atom is 0.342 e. The number of benzene rings is 2. The molecule has 0 heterocycles. The first-order chi connectivity index (χ1) is 12.7. The average Bonchev–Trinajstić information content (AvgIpc) is 2.61. The van der Waals surface area contributed by atoms with Crippen LogP contribution in [-0.4, -0.2) is 35.1 Å². The second kappa shape index (κ2) is 8.37. The fraction of sp³-hybridized carbons (Fsp3) is 0.176. The van der Waals surface area contributed by atoms with Gasteiger partial charge in [0.15, 0.2) is 6.10 Å². The van der Waals surface area contributed by atoms with Crippen molar-refractivity contribution in [1.82, 2.24) is 0 Å². The van der Waals surface area contributed by atoms with Crippen molar-refractivity contribution in [2.24, 2.45) is 0 Å². The number of nitro groups is 1. The van der Waals surface area contributed by atoms with Gasteiger partial charge in [0, 0.05) is 5.02 Å². The van der Waals surface area contributed by atoms with E-state index in [1.54, 1.807) is 0 Å². The van der Waals surface area contributed by atoms with Crippen molar-refractivity contribution >= 4 is 34.9 Å². The number of nitrogens with zero attached hydrogens (tertiary/aromatic N) is 1. The van der Waals surface area contributed by atoms with Crippen LogP contribution >= 0.6 is 11.6 Å². The fourth-order valence-electron chi connectivity index (χ4n) is 2.08. The zero-order chi connectivity index (χ0) is 20.1. The molecule has 142 valence electrons. The first kappa shape index (κ1) is 20.0. The Bertz CT molecular complexity index is 901. The number of halogens is 1. The van der Waals surface area contributed by atoms with Crippen LogP contribution in [0.25, 0.3) is 0 Å². The maximum absolute atomic E-state index is 12.2. The second-order valence-electron chi connectivity index (χ2n) is 5.34. The largest absolute Gasteiger partial charge is 0.507 e. The first-order valence-electron chi connectivity index (χ1n) is 7.55. The third kappa shape index (κ3) is 4.85. The van der Waals surface area contributed by atoms with Gasteiger partial charge in [0.25, 0.3) is 11.6 Å². The van der Waals surface area contributed by atoms with E-state index in [-0.39, 0.29) is 27.7 Å². The Morgan fingerprint density at radius 3 is 2.56 bits per heavy atom. The van der Waals surface area contributed by atoms with Gasteiger partial charge in [-0.15, -0.1) is 0 Å². The molecule has 0 aliphatic rings. The molecule has 0 unspecified atom stereocenters. The molecule has 0 bridgehead atoms. The van der Waals surface area contributed by atoms with Crippen LogP contribution in [0.1, 0.15) is 17.3 Å². The van der Waals surface area contributed by atoms with Crippen molar-refractivity contribution in [1.29, 1.82) is 0 Å². The van der Waals surface area contributed by atoms with E-state index < -0.39 is 28.7 Å². The summed E-state index contributed by atoms with van der Waals surface area (Å²) in [6, 6.07) is 7.67. The van der Waals surface area contributed by atoms with Crippen LogP contribution in [0.5, 0.6) is 11.5 Å². The number of phenols is 1. The Hall–Kier alpha value is -3.33. The van der Waals surface area contributed by atoms with Gasteiger partial charge in [-0.1, -0.05) is 11.6 Å². The van der Waals surface area contributed by atoms with Gasteiger partial charge in [-0.2, -0.15) is 0 Å². The van der Waals surface area contributed by atoms with Crippen LogP contribution in [0.15, 0.2) is 36.4 Å². The van der Waals surface area contributed by atoms with Crippen LogP contribution in [0.2, 0.25) is 5.02 Å². The highest BCUT2D eigenvalue weighted by Crippen LogP contribution is 2.29. The third-order valence-corrected chi connectivity index (χ3v) is 3.73. The van der Waals surface area contributed by atoms with Gasteiger partial charge in [-0.25, -0.2) is 4.79 Å². The molecule has 10 heteroatoms. The van der Waals surface area contributed by atoms with Crippen molar-refractivity contribution in [3.8, 4) is 11.5 Å². The van der Waals surface area contributed by atoms with E-state index in [1.807, 2.05) is 0 Å². The van der Waals surface area contributed by atoms with Crippen molar-refractivity contribution in [2.75, 3.05) is 12.4 Å². The number of carbonyl (C=O) groups is 2. The number of ether oxygens (including phenoxy) is 2. The highest BCUT2D eigenvalue weighted by Gasteiger charge is 2.24. The number of anilines is 1. The van der Waals surface area contributed by atoms with E-state index in [9.17, 15) is 24.8 Å². The number of nitrogens with one attached hydrogen (secondary N) is 1. The molecule has 2 N–H and O–H groups in total. The van der Waals surface area contributed by atoms with Crippen molar-refractivity contribution < 1.29 is 29.1 Å². The lowest BCUT2D eigenvalue weighted by Crippen LogP contribution is -2.30. The molecule has 0 radical (unpaired) electrons. The molecular formula is C17H15ClN2O7. The molecule has 0 saturated heterocycles. The number of esters is 1. The minimum Gasteiger partial charge on any atom is -0.507 e. The Labute approximate surface area is 158 Å². The molecule has 0 fully saturated rings. The Morgan fingerprint density at radius 2 is 1.96 bits per heavy atom. The third-order valence-electron chi connectivity index (χ3n) is 3.49. The van der Waals surface area contributed by atoms with Gasteiger partial charge in [0.05, 0.1) is 18.1 Å². The molecule has 9 nitrogen and oxygen atoms in total. The Kier molecular flexibility index (Phi) is 6.19. The summed E-state index contributed by atoms with van der Waals surface area (Å²) in [4.78, 5) is 34.8. The van der Waals surface area contributed by atoms with Crippen LogP contribution < -0.4 is 10.1 Å². The summed E-state index contributed by atoms with van der Waals surface area (Å²) in [5.74, 6) is -1.88. The van der Waals surface area contributed by atoms with Crippen molar-refractivity contribution in [3.05, 3.63) is 57.1 Å². The number of amides is 1. The smallest absolute Gasteiger partial charge is 0.342 e. The minimum absolute atomic E-state index is 0.0805. The van der Waals surface area contributed by atoms with Crippen LogP contribution in [0.3, 0.4) is 0 Å². The number of aromatic hydroxyl groups is 1. The minimum atomic E-state index is -1.28. The summed E-state index contributed by atoms with van der Waals surface area (Å²) in [7, 11) is 1.35. The van der Waals surface area contributed by atoms with Crippen molar-refractivity contribution in [3.63, 3.8) is 0 Å². The highest BCUT2D eigenvalue weighted by molar-refractivity contribution is 6.30. The molecular weight excluding hydrogens is 380 g/mol. The van der Waals surface area contributed by atoms with Gasteiger partial charge >= 0.3 is 5.97 Å². The number of rotatable bonds is 6. The number of phenolic OH excluding ortho intramolecular Hbond substituents is 1. The molecule has 2 rings (SSSR count). The van der Waals surface area contributed by atoms with E-state index in [0.29, 0.717) is 0 Å². The van der Waals surface area contributed by atoms with Gasteiger partial charge in [0.2, 0.25) is 0 Å². The molecule has 0 aromatic heterocycles. The first-order valence-corrected chi connectivity index (χ1v) is 7.93. The molecule has 0 aliphatic heterocycles. The van der Waals surface area contributed by atoms with Crippen LogP contribution in [-0.2, 0) is 9.53 Å². The molecule has 0 saturated carbocycles. The van der Waals surface area contributed by atoms with Gasteiger partial charge in [-0.3, -0.25) is 14.9 Å². The standard InChI is InChI=1S/C17H15ClN2O7/c1-9(27-17(23)12-5-3-10(18)7-15(12)21)16(22)19-13-6-4-11(26-2)8-14(13)20(24)25/h3-9,21H,1-2H3,(H,19,22)/t9-/m1/s1. The van der Waals surface area contributed by atoms with E-state index in [4.69, 9.17) is 21.1 Å². The summed E-state index contributed by atoms with van der Waals surface area (Å²) in [5, 5.41) is 23.4. The lowest BCUT2D eigenvalue weighted by atomic mass is 10.2. The molecule has 0 spiro atoms. The molecule has 2 aromatic carbocycles. The monoisotopic (exact) mass is 394 g/mol. The predicted octanol–water partition coefficient (Wildman–Crippen LogP) is 3.15. The highest BCUT2D eigenvalue weighted by atomic mass is 35.5. The maximum atomic E-state index is 12.2. The second-order valence-corrected chi connectivity index (χ2v) is 5.77. The molecule has 1 atom stereocenters. The van der Waals surface area contributed by atoms with Crippen LogP contribution in [0, 0.1) is 10.1 Å². The molecule has 2 aromatic rings. The summed E-state index contributed by atoms with van der Waals surface area (Å²) < 4.78 is 9.90. The summed E-state index contributed by atoms with van der Waals surface area (Å²) in [6.45, 7) is 1.29. The SMILES string of the molecule is COc1ccc(NC(=O)[C@@H](C)OC(=O)c2ccc(Cl)cc2O)c([N+](=O)[O-])c1. The molecule has 1 amide bonds. The Balaban J connectivity index is 2.12. The van der Waals surface area contributed by atoms with Crippen LogP contribution in [0.4, 0.5) is 11.4 Å². The van der Waals surface area contributed by atoms with E-state index >= 15 is 0 Å². The zero-order valence-corrected chi connectivity index (χ0v) is 15.0. The number of nitro benzene ring substituents is 1. The quantitative estimate of drug-likeness (QED) is 0.437.